The van der Waals surface area contributed by atoms with Gasteiger partial charge in [-0.05, 0) is 24.6 Å². The summed E-state index contributed by atoms with van der Waals surface area (Å²) in [7, 11) is 0. The minimum absolute atomic E-state index is 0.0795. The van der Waals surface area contributed by atoms with Gasteiger partial charge in [-0.15, -0.1) is 0 Å². The number of fused-ring (bicyclic) bond motifs is 1. The molecule has 1 aliphatic rings. The predicted octanol–water partition coefficient (Wildman–Crippen LogP) is 4.08. The van der Waals surface area contributed by atoms with Crippen molar-refractivity contribution in [3.05, 3.63) is 54.1 Å². The van der Waals surface area contributed by atoms with Crippen LogP contribution in [0, 0.1) is 0 Å². The van der Waals surface area contributed by atoms with Gasteiger partial charge in [-0.2, -0.15) is 0 Å². The van der Waals surface area contributed by atoms with Crippen LogP contribution in [0.4, 0.5) is 10.5 Å². The number of anilines is 1. The molecular weight excluding hydrogens is 292 g/mol. The second kappa shape index (κ2) is 5.83. The molecule has 2 amide bonds. The normalized spacial score (nSPS) is 15.8. The number of nitrogens with one attached hydrogen (secondary N) is 2. The minimum atomic E-state index is -0.676. The van der Waals surface area contributed by atoms with Crippen molar-refractivity contribution in [3.63, 3.8) is 0 Å². The third kappa shape index (κ3) is 3.56. The number of amides is 2. The molecule has 1 heterocycles. The van der Waals surface area contributed by atoms with Crippen LogP contribution in [0.5, 0.6) is 11.5 Å². The topological polar surface area (TPSA) is 59.6 Å². The lowest BCUT2D eigenvalue weighted by molar-refractivity contribution is -0.0431. The highest BCUT2D eigenvalue weighted by molar-refractivity contribution is 5.90. The Morgan fingerprint density at radius 1 is 1.04 bits per heavy atom. The number of rotatable bonds is 3. The van der Waals surface area contributed by atoms with E-state index in [1.807, 2.05) is 51.1 Å². The van der Waals surface area contributed by atoms with E-state index in [1.165, 1.54) is 0 Å². The van der Waals surface area contributed by atoms with Crippen molar-refractivity contribution < 1.29 is 14.3 Å². The Balaban J connectivity index is 1.63. The Hall–Kier alpha value is -2.69. The lowest BCUT2D eigenvalue weighted by atomic mass is 10.1. The average molecular weight is 312 g/mol. The van der Waals surface area contributed by atoms with Gasteiger partial charge in [0.2, 0.25) is 5.79 Å². The number of urea groups is 1. The van der Waals surface area contributed by atoms with E-state index in [1.54, 1.807) is 18.2 Å². The maximum absolute atomic E-state index is 12.1. The number of ether oxygens (including phenoxy) is 2. The van der Waals surface area contributed by atoms with E-state index in [0.29, 0.717) is 17.2 Å². The van der Waals surface area contributed by atoms with Crippen LogP contribution in [-0.2, 0) is 0 Å². The number of hydrogen-bond acceptors (Lipinski definition) is 3. The molecule has 3 rings (SSSR count). The molecule has 1 aliphatic heterocycles. The first kappa shape index (κ1) is 15.2. The van der Waals surface area contributed by atoms with Gasteiger partial charge in [-0.1, -0.05) is 30.3 Å². The summed E-state index contributed by atoms with van der Waals surface area (Å²) in [6, 6.07) is 14.8. The molecule has 5 heteroatoms. The van der Waals surface area contributed by atoms with Gasteiger partial charge in [0.15, 0.2) is 11.5 Å². The van der Waals surface area contributed by atoms with E-state index in [-0.39, 0.29) is 12.1 Å². The number of benzene rings is 2. The van der Waals surface area contributed by atoms with Crippen LogP contribution >= 0.6 is 0 Å². The molecule has 0 bridgehead atoms. The maximum atomic E-state index is 12.1. The Morgan fingerprint density at radius 3 is 2.48 bits per heavy atom. The van der Waals surface area contributed by atoms with Crippen LogP contribution in [0.2, 0.25) is 0 Å². The van der Waals surface area contributed by atoms with E-state index in [0.717, 1.165) is 5.56 Å². The summed E-state index contributed by atoms with van der Waals surface area (Å²) in [4.78, 5) is 12.1. The van der Waals surface area contributed by atoms with Crippen molar-refractivity contribution in [2.24, 2.45) is 0 Å². The third-order valence-corrected chi connectivity index (χ3v) is 3.56. The molecule has 120 valence electrons. The SMILES string of the molecule is CC(NC(=O)Nc1ccc2c(c1)OC(C)(C)O2)c1ccccc1. The average Bonchev–Trinajstić information content (AvgIpc) is 2.81. The quantitative estimate of drug-likeness (QED) is 0.898. The zero-order chi connectivity index (χ0) is 16.4. The van der Waals surface area contributed by atoms with Crippen LogP contribution in [0.1, 0.15) is 32.4 Å². The first-order valence-electron chi connectivity index (χ1n) is 7.57. The van der Waals surface area contributed by atoms with Crippen molar-refractivity contribution in [2.45, 2.75) is 32.6 Å². The van der Waals surface area contributed by atoms with Gasteiger partial charge < -0.3 is 20.1 Å². The molecule has 2 aromatic rings. The minimum Gasteiger partial charge on any atom is -0.449 e. The van der Waals surface area contributed by atoms with Crippen LogP contribution in [0.15, 0.2) is 48.5 Å². The molecule has 2 N–H and O–H groups in total. The summed E-state index contributed by atoms with van der Waals surface area (Å²) >= 11 is 0. The smallest absolute Gasteiger partial charge is 0.319 e. The Kier molecular flexibility index (Phi) is 3.86. The maximum Gasteiger partial charge on any atom is 0.319 e. The number of carbonyl (C=O) groups excluding carboxylic acids is 1. The molecule has 1 unspecified atom stereocenters. The van der Waals surface area contributed by atoms with Crippen molar-refractivity contribution in [1.29, 1.82) is 0 Å². The standard InChI is InChI=1S/C18H20N2O3/c1-12(13-7-5-4-6-8-13)19-17(21)20-14-9-10-15-16(11-14)23-18(2,3)22-15/h4-12H,1-3H3,(H2,19,20,21). The molecule has 0 aromatic heterocycles. The Morgan fingerprint density at radius 2 is 1.74 bits per heavy atom. The Bertz CT molecular complexity index is 713. The highest BCUT2D eigenvalue weighted by atomic mass is 16.7. The molecule has 0 saturated carbocycles. The van der Waals surface area contributed by atoms with E-state index in [9.17, 15) is 4.79 Å². The second-order valence-electron chi connectivity index (χ2n) is 6.00. The third-order valence-electron chi connectivity index (χ3n) is 3.56. The van der Waals surface area contributed by atoms with Crippen LogP contribution in [-0.4, -0.2) is 11.8 Å². The van der Waals surface area contributed by atoms with Gasteiger partial charge in [0.05, 0.1) is 6.04 Å². The zero-order valence-electron chi connectivity index (χ0n) is 13.4. The molecule has 0 aliphatic carbocycles. The van der Waals surface area contributed by atoms with Gasteiger partial charge in [0.1, 0.15) is 0 Å². The fourth-order valence-electron chi connectivity index (χ4n) is 2.49. The van der Waals surface area contributed by atoms with Gasteiger partial charge >= 0.3 is 6.03 Å². The summed E-state index contributed by atoms with van der Waals surface area (Å²) in [5.74, 6) is 0.632. The molecule has 0 saturated heterocycles. The first-order valence-corrected chi connectivity index (χ1v) is 7.57. The van der Waals surface area contributed by atoms with Crippen molar-refractivity contribution >= 4 is 11.7 Å². The summed E-state index contributed by atoms with van der Waals surface area (Å²) in [6.45, 7) is 5.62. The van der Waals surface area contributed by atoms with Crippen molar-refractivity contribution in [3.8, 4) is 11.5 Å². The molecule has 1 atom stereocenters. The van der Waals surface area contributed by atoms with Crippen LogP contribution in [0.25, 0.3) is 0 Å². The lowest BCUT2D eigenvalue weighted by Crippen LogP contribution is -2.31. The van der Waals surface area contributed by atoms with E-state index in [4.69, 9.17) is 9.47 Å². The van der Waals surface area contributed by atoms with E-state index < -0.39 is 5.79 Å². The van der Waals surface area contributed by atoms with Gasteiger partial charge in [-0.3, -0.25) is 0 Å². The van der Waals surface area contributed by atoms with Gasteiger partial charge in [0, 0.05) is 25.6 Å². The lowest BCUT2D eigenvalue weighted by Gasteiger charge is -2.16. The summed E-state index contributed by atoms with van der Waals surface area (Å²) in [5.41, 5.74) is 1.71. The fraction of sp³-hybridized carbons (Fsp3) is 0.278. The van der Waals surface area contributed by atoms with Crippen molar-refractivity contribution in [1.82, 2.24) is 5.32 Å². The number of carbonyl (C=O) groups is 1. The second-order valence-corrected chi connectivity index (χ2v) is 6.00. The first-order chi connectivity index (χ1) is 10.9. The fourth-order valence-corrected chi connectivity index (χ4v) is 2.49. The van der Waals surface area contributed by atoms with Crippen molar-refractivity contribution in [2.75, 3.05) is 5.32 Å². The predicted molar refractivity (Wildman–Crippen MR) is 88.8 cm³/mol. The summed E-state index contributed by atoms with van der Waals surface area (Å²) in [5, 5.41) is 5.72. The largest absolute Gasteiger partial charge is 0.449 e. The zero-order valence-corrected chi connectivity index (χ0v) is 13.4. The molecule has 0 spiro atoms. The highest BCUT2D eigenvalue weighted by Gasteiger charge is 2.31. The molecular formula is C18H20N2O3. The van der Waals surface area contributed by atoms with Gasteiger partial charge in [0.25, 0.3) is 0 Å². The monoisotopic (exact) mass is 312 g/mol. The van der Waals surface area contributed by atoms with E-state index >= 15 is 0 Å². The molecule has 0 fully saturated rings. The van der Waals surface area contributed by atoms with E-state index in [2.05, 4.69) is 10.6 Å². The highest BCUT2D eigenvalue weighted by Crippen LogP contribution is 2.40. The molecule has 23 heavy (non-hydrogen) atoms. The molecule has 5 nitrogen and oxygen atoms in total. The van der Waals surface area contributed by atoms with Crippen LogP contribution < -0.4 is 20.1 Å². The Labute approximate surface area is 135 Å². The summed E-state index contributed by atoms with van der Waals surface area (Å²) in [6.07, 6.45) is 0. The molecule has 0 radical (unpaired) electrons. The molecule has 2 aromatic carbocycles. The number of hydrogen-bond donors (Lipinski definition) is 2. The summed E-state index contributed by atoms with van der Waals surface area (Å²) < 4.78 is 11.3. The van der Waals surface area contributed by atoms with Crippen LogP contribution in [0.3, 0.4) is 0 Å². The van der Waals surface area contributed by atoms with Gasteiger partial charge in [-0.25, -0.2) is 4.79 Å².